The van der Waals surface area contributed by atoms with Crippen LogP contribution >= 0.6 is 11.6 Å². The highest BCUT2D eigenvalue weighted by atomic mass is 35.5. The number of ether oxygens (including phenoxy) is 2. The first-order chi connectivity index (χ1) is 9.63. The SMILES string of the molecule is COc1cc(N=Cc2ccc(F)cc2)c(OC)cc1Cl. The van der Waals surface area contributed by atoms with Gasteiger partial charge in [0.15, 0.2) is 0 Å². The molecule has 0 amide bonds. The van der Waals surface area contributed by atoms with Crippen molar-refractivity contribution in [3.05, 3.63) is 52.8 Å². The van der Waals surface area contributed by atoms with Gasteiger partial charge in [0.25, 0.3) is 0 Å². The Hall–Kier alpha value is -2.07. The zero-order chi connectivity index (χ0) is 14.5. The maximum atomic E-state index is 12.8. The molecule has 0 aliphatic carbocycles. The van der Waals surface area contributed by atoms with Crippen molar-refractivity contribution in [3.8, 4) is 11.5 Å². The first-order valence-electron chi connectivity index (χ1n) is 5.85. The van der Waals surface area contributed by atoms with Gasteiger partial charge in [-0.3, -0.25) is 4.99 Å². The van der Waals surface area contributed by atoms with Crippen LogP contribution in [0, 0.1) is 5.82 Å². The van der Waals surface area contributed by atoms with E-state index in [9.17, 15) is 4.39 Å². The van der Waals surface area contributed by atoms with Crippen LogP contribution in [-0.2, 0) is 0 Å². The second-order valence-electron chi connectivity index (χ2n) is 3.97. The van der Waals surface area contributed by atoms with Crippen molar-refractivity contribution in [1.82, 2.24) is 0 Å². The number of methoxy groups -OCH3 is 2. The normalized spacial score (nSPS) is 10.8. The van der Waals surface area contributed by atoms with Crippen LogP contribution in [0.4, 0.5) is 10.1 Å². The largest absolute Gasteiger partial charge is 0.495 e. The molecular formula is C15H13ClFNO2. The minimum Gasteiger partial charge on any atom is -0.495 e. The summed E-state index contributed by atoms with van der Waals surface area (Å²) in [7, 11) is 3.07. The fraction of sp³-hybridized carbons (Fsp3) is 0.133. The number of nitrogens with zero attached hydrogens (tertiary/aromatic N) is 1. The molecule has 0 heterocycles. The van der Waals surface area contributed by atoms with Gasteiger partial charge in [-0.25, -0.2) is 4.39 Å². The Morgan fingerprint density at radius 2 is 1.70 bits per heavy atom. The van der Waals surface area contributed by atoms with Crippen molar-refractivity contribution < 1.29 is 13.9 Å². The van der Waals surface area contributed by atoms with Crippen molar-refractivity contribution in [2.24, 2.45) is 4.99 Å². The Morgan fingerprint density at radius 3 is 2.30 bits per heavy atom. The molecule has 5 heteroatoms. The molecule has 0 N–H and O–H groups in total. The third kappa shape index (κ3) is 3.27. The molecule has 0 bridgehead atoms. The summed E-state index contributed by atoms with van der Waals surface area (Å²) in [5.74, 6) is 0.765. The Balaban J connectivity index is 2.34. The molecule has 0 fully saturated rings. The highest BCUT2D eigenvalue weighted by Gasteiger charge is 2.08. The first-order valence-corrected chi connectivity index (χ1v) is 6.23. The smallest absolute Gasteiger partial charge is 0.146 e. The van der Waals surface area contributed by atoms with E-state index in [0.29, 0.717) is 22.2 Å². The molecule has 2 rings (SSSR count). The van der Waals surface area contributed by atoms with Crippen LogP contribution in [0.3, 0.4) is 0 Å². The minimum atomic E-state index is -0.284. The van der Waals surface area contributed by atoms with Crippen LogP contribution in [0.25, 0.3) is 0 Å². The molecule has 0 saturated heterocycles. The van der Waals surface area contributed by atoms with E-state index in [4.69, 9.17) is 21.1 Å². The summed E-state index contributed by atoms with van der Waals surface area (Å²) in [6.45, 7) is 0. The van der Waals surface area contributed by atoms with Crippen LogP contribution in [0.1, 0.15) is 5.56 Å². The maximum absolute atomic E-state index is 12.8. The molecular weight excluding hydrogens is 281 g/mol. The number of hydrogen-bond acceptors (Lipinski definition) is 3. The van der Waals surface area contributed by atoms with E-state index in [1.54, 1.807) is 30.5 Å². The molecule has 0 aliphatic heterocycles. The zero-order valence-electron chi connectivity index (χ0n) is 11.1. The van der Waals surface area contributed by atoms with E-state index < -0.39 is 0 Å². The second-order valence-corrected chi connectivity index (χ2v) is 4.38. The summed E-state index contributed by atoms with van der Waals surface area (Å²) < 4.78 is 23.2. The lowest BCUT2D eigenvalue weighted by atomic mass is 10.2. The van der Waals surface area contributed by atoms with E-state index in [2.05, 4.69) is 4.99 Å². The molecule has 0 spiro atoms. The number of rotatable bonds is 4. The summed E-state index contributed by atoms with van der Waals surface area (Å²) in [6.07, 6.45) is 1.62. The maximum Gasteiger partial charge on any atom is 0.146 e. The van der Waals surface area contributed by atoms with E-state index in [-0.39, 0.29) is 5.82 Å². The van der Waals surface area contributed by atoms with Crippen LogP contribution in [0.15, 0.2) is 41.4 Å². The fourth-order valence-corrected chi connectivity index (χ4v) is 1.87. The molecule has 20 heavy (non-hydrogen) atoms. The van der Waals surface area contributed by atoms with Gasteiger partial charge in [0, 0.05) is 18.3 Å². The number of benzene rings is 2. The molecule has 0 atom stereocenters. The third-order valence-electron chi connectivity index (χ3n) is 2.68. The van der Waals surface area contributed by atoms with Gasteiger partial charge in [-0.1, -0.05) is 23.7 Å². The van der Waals surface area contributed by atoms with E-state index in [1.165, 1.54) is 26.4 Å². The van der Waals surface area contributed by atoms with E-state index >= 15 is 0 Å². The number of halogens is 2. The van der Waals surface area contributed by atoms with Gasteiger partial charge in [0.2, 0.25) is 0 Å². The van der Waals surface area contributed by atoms with Crippen molar-refractivity contribution in [1.29, 1.82) is 0 Å². The predicted octanol–water partition coefficient (Wildman–Crippen LogP) is 4.25. The third-order valence-corrected chi connectivity index (χ3v) is 2.97. The van der Waals surface area contributed by atoms with Gasteiger partial charge in [-0.2, -0.15) is 0 Å². The van der Waals surface area contributed by atoms with Crippen molar-refractivity contribution in [3.63, 3.8) is 0 Å². The van der Waals surface area contributed by atoms with Crippen LogP contribution < -0.4 is 9.47 Å². The van der Waals surface area contributed by atoms with Gasteiger partial charge in [0.1, 0.15) is 23.0 Å². The van der Waals surface area contributed by atoms with Crippen LogP contribution in [-0.4, -0.2) is 20.4 Å². The average molecular weight is 294 g/mol. The molecule has 104 valence electrons. The number of hydrogen-bond donors (Lipinski definition) is 0. The summed E-state index contributed by atoms with van der Waals surface area (Å²) >= 11 is 6.02. The quantitative estimate of drug-likeness (QED) is 0.789. The molecule has 0 saturated carbocycles. The van der Waals surface area contributed by atoms with Crippen LogP contribution in [0.2, 0.25) is 5.02 Å². The standard InChI is InChI=1S/C15H13ClFNO2/c1-19-14-8-13(15(20-2)7-12(14)16)18-9-10-3-5-11(17)6-4-10/h3-9H,1-2H3. The molecule has 0 aliphatic rings. The van der Waals surface area contributed by atoms with Gasteiger partial charge in [-0.15, -0.1) is 0 Å². The molecule has 2 aromatic carbocycles. The highest BCUT2D eigenvalue weighted by molar-refractivity contribution is 6.32. The van der Waals surface area contributed by atoms with Crippen molar-refractivity contribution in [2.45, 2.75) is 0 Å². The van der Waals surface area contributed by atoms with Gasteiger partial charge >= 0.3 is 0 Å². The summed E-state index contributed by atoms with van der Waals surface area (Å²) in [6, 6.07) is 9.35. The zero-order valence-corrected chi connectivity index (χ0v) is 11.8. The van der Waals surface area contributed by atoms with E-state index in [1.807, 2.05) is 0 Å². The summed E-state index contributed by atoms with van der Waals surface area (Å²) in [5, 5.41) is 0.449. The van der Waals surface area contributed by atoms with Gasteiger partial charge in [0.05, 0.1) is 19.2 Å². The lowest BCUT2D eigenvalue weighted by Gasteiger charge is -2.08. The topological polar surface area (TPSA) is 30.8 Å². The fourth-order valence-electron chi connectivity index (χ4n) is 1.64. The predicted molar refractivity (Wildman–Crippen MR) is 78.2 cm³/mol. The van der Waals surface area contributed by atoms with Crippen LogP contribution in [0.5, 0.6) is 11.5 Å². The van der Waals surface area contributed by atoms with Crippen molar-refractivity contribution in [2.75, 3.05) is 14.2 Å². The Kier molecular flexibility index (Phi) is 4.58. The van der Waals surface area contributed by atoms with Crippen molar-refractivity contribution >= 4 is 23.5 Å². The van der Waals surface area contributed by atoms with Gasteiger partial charge < -0.3 is 9.47 Å². The number of aliphatic imine (C=N–C) groups is 1. The summed E-state index contributed by atoms with van der Waals surface area (Å²) in [4.78, 5) is 4.32. The molecule has 3 nitrogen and oxygen atoms in total. The molecule has 0 aromatic heterocycles. The Morgan fingerprint density at radius 1 is 1.05 bits per heavy atom. The second kappa shape index (κ2) is 6.39. The van der Waals surface area contributed by atoms with Gasteiger partial charge in [-0.05, 0) is 17.7 Å². The monoisotopic (exact) mass is 293 g/mol. The van der Waals surface area contributed by atoms with E-state index in [0.717, 1.165) is 5.56 Å². The molecule has 2 aromatic rings. The Labute approximate surface area is 121 Å². The molecule has 0 radical (unpaired) electrons. The minimum absolute atomic E-state index is 0.284. The Bertz CT molecular complexity index is 627. The lowest BCUT2D eigenvalue weighted by Crippen LogP contribution is -1.89. The first kappa shape index (κ1) is 14.3. The summed E-state index contributed by atoms with van der Waals surface area (Å²) in [5.41, 5.74) is 1.36. The lowest BCUT2D eigenvalue weighted by molar-refractivity contribution is 0.404. The molecule has 0 unspecified atom stereocenters. The average Bonchev–Trinajstić information content (AvgIpc) is 2.47. The highest BCUT2D eigenvalue weighted by Crippen LogP contribution is 2.37.